The molecule has 0 radical (unpaired) electrons. The minimum Gasteiger partial charge on any atom is -0.466 e. The number of rotatable bonds is 66. The number of hydrogen-bond acceptors (Lipinski definition) is 5. The molecular weight excluding hydrogens is 959 g/mol. The number of carbonyl (C=O) groups excluding carboxylic acids is 2. The zero-order chi connectivity index (χ0) is 56.4. The van der Waals surface area contributed by atoms with E-state index in [2.05, 4.69) is 43.5 Å². The zero-order valence-electron chi connectivity index (χ0n) is 52.7. The van der Waals surface area contributed by atoms with Crippen LogP contribution in [0.3, 0.4) is 0 Å². The van der Waals surface area contributed by atoms with Crippen molar-refractivity contribution in [1.82, 2.24) is 5.32 Å². The lowest BCUT2D eigenvalue weighted by Gasteiger charge is -2.20. The average Bonchev–Trinajstić information content (AvgIpc) is 3.44. The molecule has 0 aromatic carbocycles. The number of hydrogen-bond donors (Lipinski definition) is 3. The van der Waals surface area contributed by atoms with Crippen molar-refractivity contribution in [3.63, 3.8) is 0 Å². The number of aliphatic hydroxyl groups is 2. The maximum absolute atomic E-state index is 12.5. The van der Waals surface area contributed by atoms with Gasteiger partial charge >= 0.3 is 5.97 Å². The number of carbonyl (C=O) groups is 2. The molecule has 6 heteroatoms. The number of aliphatic hydroxyl groups excluding tert-OH is 2. The van der Waals surface area contributed by atoms with E-state index in [1.54, 1.807) is 6.08 Å². The summed E-state index contributed by atoms with van der Waals surface area (Å²) in [6.07, 6.45) is 86.4. The largest absolute Gasteiger partial charge is 0.466 e. The molecule has 0 fully saturated rings. The van der Waals surface area contributed by atoms with Gasteiger partial charge in [0, 0.05) is 12.8 Å². The summed E-state index contributed by atoms with van der Waals surface area (Å²) in [4.78, 5) is 24.6. The lowest BCUT2D eigenvalue weighted by Crippen LogP contribution is -2.45. The monoisotopic (exact) mass is 1100 g/mol. The highest BCUT2D eigenvalue weighted by atomic mass is 16.5. The molecule has 0 saturated carbocycles. The molecule has 0 heterocycles. The van der Waals surface area contributed by atoms with Gasteiger partial charge in [0.25, 0.3) is 0 Å². The molecule has 2 unspecified atom stereocenters. The molecule has 0 saturated heterocycles. The first kappa shape index (κ1) is 76.1. The summed E-state index contributed by atoms with van der Waals surface area (Å²) in [5, 5.41) is 23.2. The summed E-state index contributed by atoms with van der Waals surface area (Å²) in [6.45, 7) is 4.93. The van der Waals surface area contributed by atoms with Gasteiger partial charge in [-0.2, -0.15) is 0 Å². The predicted octanol–water partition coefficient (Wildman–Crippen LogP) is 22.7. The van der Waals surface area contributed by atoms with E-state index in [0.717, 1.165) is 44.9 Å². The minimum atomic E-state index is -0.847. The molecule has 0 aromatic heterocycles. The van der Waals surface area contributed by atoms with E-state index in [1.807, 2.05) is 6.08 Å². The van der Waals surface area contributed by atoms with Gasteiger partial charge in [-0.3, -0.25) is 9.59 Å². The van der Waals surface area contributed by atoms with Crippen molar-refractivity contribution in [3.05, 3.63) is 36.5 Å². The van der Waals surface area contributed by atoms with Gasteiger partial charge in [0.2, 0.25) is 5.91 Å². The maximum Gasteiger partial charge on any atom is 0.305 e. The van der Waals surface area contributed by atoms with Crippen LogP contribution in [0, 0.1) is 0 Å². The number of unbranched alkanes of at least 4 members (excludes halogenated alkanes) is 51. The summed E-state index contributed by atoms with van der Waals surface area (Å²) in [5.74, 6) is -0.0579. The highest BCUT2D eigenvalue weighted by Gasteiger charge is 2.18. The predicted molar refractivity (Wildman–Crippen MR) is 343 cm³/mol. The Hall–Kier alpha value is -1.92. The second kappa shape index (κ2) is 67.6. The van der Waals surface area contributed by atoms with Gasteiger partial charge in [-0.05, 0) is 83.5 Å². The van der Waals surface area contributed by atoms with E-state index in [9.17, 15) is 19.8 Å². The molecule has 0 aromatic rings. The van der Waals surface area contributed by atoms with Crippen LogP contribution in [-0.4, -0.2) is 47.4 Å². The molecule has 0 rings (SSSR count). The fourth-order valence-electron chi connectivity index (χ4n) is 11.0. The number of esters is 1. The Labute approximate surface area is 487 Å². The first-order valence-corrected chi connectivity index (χ1v) is 35.3. The molecule has 78 heavy (non-hydrogen) atoms. The van der Waals surface area contributed by atoms with Gasteiger partial charge in [0.1, 0.15) is 0 Å². The van der Waals surface area contributed by atoms with Gasteiger partial charge in [-0.15, -0.1) is 0 Å². The third-order valence-electron chi connectivity index (χ3n) is 16.4. The molecule has 3 N–H and O–H groups in total. The third kappa shape index (κ3) is 63.3. The van der Waals surface area contributed by atoms with Crippen molar-refractivity contribution in [3.8, 4) is 0 Å². The van der Waals surface area contributed by atoms with Gasteiger partial charge in [-0.1, -0.05) is 326 Å². The van der Waals surface area contributed by atoms with E-state index in [4.69, 9.17) is 4.74 Å². The topological polar surface area (TPSA) is 95.9 Å². The van der Waals surface area contributed by atoms with E-state index in [-0.39, 0.29) is 18.5 Å². The van der Waals surface area contributed by atoms with Crippen molar-refractivity contribution in [2.24, 2.45) is 0 Å². The second-order valence-corrected chi connectivity index (χ2v) is 24.2. The molecule has 0 aliphatic heterocycles. The fraction of sp³-hybridized carbons (Fsp3) is 0.889. The van der Waals surface area contributed by atoms with Crippen LogP contribution in [0.2, 0.25) is 0 Å². The summed E-state index contributed by atoms with van der Waals surface area (Å²) >= 11 is 0. The molecule has 2 atom stereocenters. The Bertz CT molecular complexity index is 1260. The van der Waals surface area contributed by atoms with Crippen molar-refractivity contribution in [2.75, 3.05) is 13.2 Å². The van der Waals surface area contributed by atoms with E-state index in [1.165, 1.54) is 315 Å². The van der Waals surface area contributed by atoms with Gasteiger partial charge in [0.15, 0.2) is 0 Å². The van der Waals surface area contributed by atoms with Crippen molar-refractivity contribution >= 4 is 11.9 Å². The Morgan fingerprint density at radius 3 is 0.910 bits per heavy atom. The van der Waals surface area contributed by atoms with Crippen LogP contribution in [0.4, 0.5) is 0 Å². The SMILES string of the molecule is CCCCCCCC/C=C\CCCCCCCCCC(=O)OCCCCCCCCCCCCCC/C=C\CCCCCCCCCCCC(=O)NC(CO)C(O)/C=C/CCCCCCCCCCCCCCCCCCC. The summed E-state index contributed by atoms with van der Waals surface area (Å²) in [6, 6.07) is -0.631. The first-order valence-electron chi connectivity index (χ1n) is 35.3. The molecule has 1 amide bonds. The lowest BCUT2D eigenvalue weighted by atomic mass is 10.0. The molecule has 0 aliphatic carbocycles. The highest BCUT2D eigenvalue weighted by molar-refractivity contribution is 5.76. The summed E-state index contributed by atoms with van der Waals surface area (Å²) in [5.41, 5.74) is 0. The lowest BCUT2D eigenvalue weighted by molar-refractivity contribution is -0.143. The summed E-state index contributed by atoms with van der Waals surface area (Å²) in [7, 11) is 0. The van der Waals surface area contributed by atoms with Crippen LogP contribution in [0.15, 0.2) is 36.5 Å². The van der Waals surface area contributed by atoms with Gasteiger partial charge in [0.05, 0.1) is 25.4 Å². The molecule has 6 nitrogen and oxygen atoms in total. The normalized spacial score (nSPS) is 12.7. The molecule has 460 valence electrons. The van der Waals surface area contributed by atoms with Gasteiger partial charge in [-0.25, -0.2) is 0 Å². The molecule has 0 aliphatic rings. The number of amides is 1. The van der Waals surface area contributed by atoms with Crippen LogP contribution in [0.1, 0.15) is 386 Å². The van der Waals surface area contributed by atoms with Crippen LogP contribution in [0.25, 0.3) is 0 Å². The van der Waals surface area contributed by atoms with Crippen molar-refractivity contribution < 1.29 is 24.5 Å². The van der Waals surface area contributed by atoms with Crippen LogP contribution in [0.5, 0.6) is 0 Å². The molecular formula is C72H137NO5. The number of nitrogens with one attached hydrogen (secondary N) is 1. The Morgan fingerprint density at radius 2 is 0.603 bits per heavy atom. The first-order chi connectivity index (χ1) is 38.5. The van der Waals surface area contributed by atoms with E-state index < -0.39 is 12.1 Å². The number of allylic oxidation sites excluding steroid dienone is 5. The molecule has 0 bridgehead atoms. The van der Waals surface area contributed by atoms with Crippen LogP contribution >= 0.6 is 0 Å². The maximum atomic E-state index is 12.5. The van der Waals surface area contributed by atoms with E-state index >= 15 is 0 Å². The number of ether oxygens (including phenoxy) is 1. The fourth-order valence-corrected chi connectivity index (χ4v) is 11.0. The van der Waals surface area contributed by atoms with E-state index in [0.29, 0.717) is 19.4 Å². The van der Waals surface area contributed by atoms with Crippen molar-refractivity contribution in [1.29, 1.82) is 0 Å². The Kier molecular flexibility index (Phi) is 65.9. The van der Waals surface area contributed by atoms with Crippen molar-refractivity contribution in [2.45, 2.75) is 398 Å². The Morgan fingerprint density at radius 1 is 0.346 bits per heavy atom. The summed E-state index contributed by atoms with van der Waals surface area (Å²) < 4.78 is 5.50. The van der Waals surface area contributed by atoms with Gasteiger partial charge < -0.3 is 20.3 Å². The van der Waals surface area contributed by atoms with Crippen LogP contribution in [-0.2, 0) is 14.3 Å². The second-order valence-electron chi connectivity index (χ2n) is 24.2. The average molecular weight is 1100 g/mol. The van der Waals surface area contributed by atoms with Crippen LogP contribution < -0.4 is 5.32 Å². The third-order valence-corrected chi connectivity index (χ3v) is 16.4. The quantitative estimate of drug-likeness (QED) is 0.0320. The Balaban J connectivity index is 3.41. The molecule has 0 spiro atoms. The smallest absolute Gasteiger partial charge is 0.305 e. The zero-order valence-corrected chi connectivity index (χ0v) is 52.7. The highest BCUT2D eigenvalue weighted by Crippen LogP contribution is 2.18. The minimum absolute atomic E-state index is 0.0102. The standard InChI is InChI=1S/C72H137NO5/c1-3-5-7-9-11-13-15-17-19-21-29-33-36-40-44-48-52-56-60-64-70(75)69(68-74)73-71(76)65-61-57-53-49-45-41-37-34-30-27-25-23-22-24-26-28-31-35-39-43-47-51-55-59-63-67-78-72(77)66-62-58-54-50-46-42-38-32-20-18-16-14-12-10-8-6-4-2/h18,20,23,25,60,64,69-70,74-75H,3-17,19,21-22,24,26-59,61-63,65-68H2,1-2H3,(H,73,76)/b20-18-,25-23-,64-60+.